The molecule has 2 heterocycles. The Labute approximate surface area is 86.9 Å². The number of hydrogen-bond acceptors (Lipinski definition) is 4. The van der Waals surface area contributed by atoms with E-state index in [1.54, 1.807) is 17.5 Å². The Balaban J connectivity index is 2.34. The van der Waals surface area contributed by atoms with Crippen LogP contribution >= 0.6 is 11.3 Å². The highest BCUT2D eigenvalue weighted by Crippen LogP contribution is 2.26. The Morgan fingerprint density at radius 2 is 2.14 bits per heavy atom. The summed E-state index contributed by atoms with van der Waals surface area (Å²) >= 11 is 1.63. The van der Waals surface area contributed by atoms with Crippen molar-refractivity contribution in [3.8, 4) is 10.6 Å². The van der Waals surface area contributed by atoms with Crippen molar-refractivity contribution in [1.82, 2.24) is 15.2 Å². The quantitative estimate of drug-likeness (QED) is 0.756. The van der Waals surface area contributed by atoms with Gasteiger partial charge in [-0.1, -0.05) is 25.2 Å². The summed E-state index contributed by atoms with van der Waals surface area (Å²) in [7, 11) is 0. The summed E-state index contributed by atoms with van der Waals surface area (Å²) in [4.78, 5) is 4.05. The van der Waals surface area contributed by atoms with E-state index in [1.807, 2.05) is 18.3 Å². The second-order valence-corrected chi connectivity index (χ2v) is 4.35. The molecule has 72 valence electrons. The highest BCUT2D eigenvalue weighted by atomic mass is 32.1. The van der Waals surface area contributed by atoms with Crippen LogP contribution < -0.4 is 0 Å². The number of hydrogen-bond donors (Lipinski definition) is 0. The molecule has 0 fully saturated rings. The molecule has 0 bridgehead atoms. The van der Waals surface area contributed by atoms with E-state index < -0.39 is 0 Å². The molecule has 2 aromatic heterocycles. The lowest BCUT2D eigenvalue weighted by atomic mass is 10.2. The topological polar surface area (TPSA) is 38.7 Å². The SMILES string of the molecule is CC(C)c1nnc(-c2cccnc2)s1. The van der Waals surface area contributed by atoms with Gasteiger partial charge in [0.1, 0.15) is 10.0 Å². The maximum absolute atomic E-state index is 4.14. The zero-order valence-corrected chi connectivity index (χ0v) is 8.95. The molecule has 0 amide bonds. The highest BCUT2D eigenvalue weighted by molar-refractivity contribution is 7.14. The van der Waals surface area contributed by atoms with Crippen molar-refractivity contribution < 1.29 is 0 Å². The molecule has 2 rings (SSSR count). The Kier molecular flexibility index (Phi) is 2.54. The molecular weight excluding hydrogens is 194 g/mol. The minimum atomic E-state index is 0.443. The van der Waals surface area contributed by atoms with Gasteiger partial charge in [-0.05, 0) is 12.1 Å². The van der Waals surface area contributed by atoms with Crippen molar-refractivity contribution in [3.63, 3.8) is 0 Å². The lowest BCUT2D eigenvalue weighted by molar-refractivity contribution is 0.825. The van der Waals surface area contributed by atoms with Gasteiger partial charge in [-0.25, -0.2) is 0 Å². The standard InChI is InChI=1S/C10H11N3S/c1-7(2)9-12-13-10(14-9)8-4-3-5-11-6-8/h3-7H,1-2H3. The van der Waals surface area contributed by atoms with E-state index in [4.69, 9.17) is 0 Å². The number of aromatic nitrogens is 3. The molecule has 2 aromatic rings. The summed E-state index contributed by atoms with van der Waals surface area (Å²) < 4.78 is 0. The van der Waals surface area contributed by atoms with Gasteiger partial charge in [0.25, 0.3) is 0 Å². The van der Waals surface area contributed by atoms with Crippen molar-refractivity contribution in [2.24, 2.45) is 0 Å². The van der Waals surface area contributed by atoms with Crippen LogP contribution in [-0.4, -0.2) is 15.2 Å². The lowest BCUT2D eigenvalue weighted by Crippen LogP contribution is -1.83. The van der Waals surface area contributed by atoms with E-state index in [2.05, 4.69) is 29.0 Å². The van der Waals surface area contributed by atoms with E-state index >= 15 is 0 Å². The first-order valence-electron chi connectivity index (χ1n) is 4.51. The normalized spacial score (nSPS) is 10.8. The molecule has 0 aromatic carbocycles. The van der Waals surface area contributed by atoms with Crippen LogP contribution in [0.2, 0.25) is 0 Å². The average Bonchev–Trinajstić information content (AvgIpc) is 2.68. The van der Waals surface area contributed by atoms with Gasteiger partial charge in [0.15, 0.2) is 0 Å². The molecule has 0 unspecified atom stereocenters. The highest BCUT2D eigenvalue weighted by Gasteiger charge is 2.08. The second-order valence-electron chi connectivity index (χ2n) is 3.34. The summed E-state index contributed by atoms with van der Waals surface area (Å²) in [5.74, 6) is 0.443. The fraction of sp³-hybridized carbons (Fsp3) is 0.300. The van der Waals surface area contributed by atoms with Gasteiger partial charge >= 0.3 is 0 Å². The van der Waals surface area contributed by atoms with Crippen LogP contribution in [0, 0.1) is 0 Å². The Morgan fingerprint density at radius 3 is 2.71 bits per heavy atom. The molecule has 0 radical (unpaired) electrons. The Bertz CT molecular complexity index is 408. The van der Waals surface area contributed by atoms with Gasteiger partial charge in [0.05, 0.1) is 0 Å². The number of rotatable bonds is 2. The maximum Gasteiger partial charge on any atom is 0.149 e. The summed E-state index contributed by atoms with van der Waals surface area (Å²) in [6.45, 7) is 4.24. The van der Waals surface area contributed by atoms with E-state index in [1.165, 1.54) is 0 Å². The first kappa shape index (κ1) is 9.27. The molecule has 0 aliphatic heterocycles. The Hall–Kier alpha value is -1.29. The zero-order valence-electron chi connectivity index (χ0n) is 8.14. The fourth-order valence-electron chi connectivity index (χ4n) is 1.07. The summed E-state index contributed by atoms with van der Waals surface area (Å²) in [6.07, 6.45) is 3.57. The minimum absolute atomic E-state index is 0.443. The molecule has 14 heavy (non-hydrogen) atoms. The third-order valence-electron chi connectivity index (χ3n) is 1.84. The van der Waals surface area contributed by atoms with Crippen molar-refractivity contribution in [2.75, 3.05) is 0 Å². The van der Waals surface area contributed by atoms with Gasteiger partial charge < -0.3 is 0 Å². The van der Waals surface area contributed by atoms with Gasteiger partial charge in [-0.3, -0.25) is 4.98 Å². The third-order valence-corrected chi connectivity index (χ3v) is 3.12. The monoisotopic (exact) mass is 205 g/mol. The van der Waals surface area contributed by atoms with Crippen LogP contribution in [0.4, 0.5) is 0 Å². The van der Waals surface area contributed by atoms with Crippen molar-refractivity contribution in [1.29, 1.82) is 0 Å². The zero-order chi connectivity index (χ0) is 9.97. The van der Waals surface area contributed by atoms with Crippen LogP contribution in [0.3, 0.4) is 0 Å². The van der Waals surface area contributed by atoms with Crippen LogP contribution in [0.15, 0.2) is 24.5 Å². The van der Waals surface area contributed by atoms with Crippen LogP contribution in [0.1, 0.15) is 24.8 Å². The molecule has 3 nitrogen and oxygen atoms in total. The third kappa shape index (κ3) is 1.80. The fourth-order valence-corrected chi connectivity index (χ4v) is 1.91. The van der Waals surface area contributed by atoms with Gasteiger partial charge in [0, 0.05) is 23.9 Å². The molecule has 0 saturated carbocycles. The molecule has 0 saturated heterocycles. The summed E-state index contributed by atoms with van der Waals surface area (Å²) in [5.41, 5.74) is 1.04. The first-order valence-corrected chi connectivity index (χ1v) is 5.33. The smallest absolute Gasteiger partial charge is 0.149 e. The van der Waals surface area contributed by atoms with Crippen molar-refractivity contribution in [2.45, 2.75) is 19.8 Å². The molecule has 4 heteroatoms. The molecular formula is C10H11N3S. The van der Waals surface area contributed by atoms with Crippen molar-refractivity contribution in [3.05, 3.63) is 29.5 Å². The summed E-state index contributed by atoms with van der Waals surface area (Å²) in [5, 5.41) is 10.3. The van der Waals surface area contributed by atoms with E-state index in [-0.39, 0.29) is 0 Å². The van der Waals surface area contributed by atoms with E-state index in [0.717, 1.165) is 15.6 Å². The first-order chi connectivity index (χ1) is 6.77. The molecule has 0 atom stereocenters. The lowest BCUT2D eigenvalue weighted by Gasteiger charge is -1.94. The number of pyridine rings is 1. The second kappa shape index (κ2) is 3.84. The van der Waals surface area contributed by atoms with Gasteiger partial charge in [-0.2, -0.15) is 0 Å². The van der Waals surface area contributed by atoms with Crippen LogP contribution in [-0.2, 0) is 0 Å². The summed E-state index contributed by atoms with van der Waals surface area (Å²) in [6, 6.07) is 3.91. The van der Waals surface area contributed by atoms with Gasteiger partial charge in [-0.15, -0.1) is 10.2 Å². The van der Waals surface area contributed by atoms with E-state index in [0.29, 0.717) is 5.92 Å². The van der Waals surface area contributed by atoms with Gasteiger partial charge in [0.2, 0.25) is 0 Å². The Morgan fingerprint density at radius 1 is 1.29 bits per heavy atom. The predicted molar refractivity (Wildman–Crippen MR) is 57.2 cm³/mol. The minimum Gasteiger partial charge on any atom is -0.264 e. The largest absolute Gasteiger partial charge is 0.264 e. The predicted octanol–water partition coefficient (Wildman–Crippen LogP) is 2.72. The van der Waals surface area contributed by atoms with Crippen LogP contribution in [0.25, 0.3) is 10.6 Å². The maximum atomic E-state index is 4.14. The molecule has 0 aliphatic rings. The van der Waals surface area contributed by atoms with Crippen LogP contribution in [0.5, 0.6) is 0 Å². The average molecular weight is 205 g/mol. The van der Waals surface area contributed by atoms with E-state index in [9.17, 15) is 0 Å². The number of nitrogens with zero attached hydrogens (tertiary/aromatic N) is 3. The molecule has 0 spiro atoms. The van der Waals surface area contributed by atoms with Crippen molar-refractivity contribution >= 4 is 11.3 Å². The molecule has 0 aliphatic carbocycles. The molecule has 0 N–H and O–H groups in total.